The van der Waals surface area contributed by atoms with Crippen molar-refractivity contribution in [2.45, 2.75) is 20.0 Å². The minimum absolute atomic E-state index is 0.194. The molecule has 0 aliphatic rings. The van der Waals surface area contributed by atoms with Gasteiger partial charge in [0, 0.05) is 24.0 Å². The van der Waals surface area contributed by atoms with E-state index < -0.39 is 11.6 Å². The van der Waals surface area contributed by atoms with E-state index in [9.17, 15) is 18.4 Å². The van der Waals surface area contributed by atoms with Gasteiger partial charge in [-0.1, -0.05) is 12.1 Å². The van der Waals surface area contributed by atoms with E-state index in [0.29, 0.717) is 17.0 Å². The van der Waals surface area contributed by atoms with E-state index in [2.05, 4.69) is 20.7 Å². The predicted octanol–water partition coefficient (Wildman–Crippen LogP) is 2.54. The number of benzene rings is 2. The van der Waals surface area contributed by atoms with Crippen LogP contribution in [0, 0.1) is 18.6 Å². The monoisotopic (exact) mass is 424 g/mol. The van der Waals surface area contributed by atoms with Gasteiger partial charge in [-0.15, -0.1) is 5.10 Å². The molecule has 1 amide bonds. The molecule has 0 aliphatic carbocycles. The van der Waals surface area contributed by atoms with Gasteiger partial charge >= 0.3 is 5.69 Å². The average molecular weight is 424 g/mol. The number of nitrogens with zero attached hydrogens (tertiary/aromatic N) is 4. The average Bonchev–Trinajstić information content (AvgIpc) is 3.04. The van der Waals surface area contributed by atoms with Crippen molar-refractivity contribution >= 4 is 23.2 Å². The molecule has 0 radical (unpaired) electrons. The molecule has 31 heavy (non-hydrogen) atoms. The maximum atomic E-state index is 13.2. The van der Waals surface area contributed by atoms with Gasteiger partial charge in [-0.25, -0.2) is 27.6 Å². The molecule has 2 heterocycles. The number of carbonyl (C=O) groups excluding carboxylic acids is 1. The Morgan fingerprint density at radius 2 is 1.68 bits per heavy atom. The van der Waals surface area contributed by atoms with Crippen LogP contribution in [0.15, 0.2) is 59.4 Å². The van der Waals surface area contributed by atoms with Gasteiger partial charge in [0.15, 0.2) is 5.65 Å². The molecule has 0 saturated carbocycles. The molecule has 2 N–H and O–H groups in total. The third-order valence-corrected chi connectivity index (χ3v) is 4.49. The standard InChI is InChI=1S/C21H18F2N6O2/c1-13-10-18-27-28(12-19(30)24-11-14-2-4-15(22)5-3-14)21(31)29(18)20(25-13)26-17-8-6-16(23)7-9-17/h2-10H,11-12H2,1H3,(H,24,30)(H,25,26). The molecule has 8 nitrogen and oxygen atoms in total. The number of hydrogen-bond acceptors (Lipinski definition) is 5. The van der Waals surface area contributed by atoms with Crippen LogP contribution < -0.4 is 16.3 Å². The molecule has 10 heteroatoms. The van der Waals surface area contributed by atoms with Crippen LogP contribution in [-0.2, 0) is 17.9 Å². The van der Waals surface area contributed by atoms with Crippen LogP contribution in [0.3, 0.4) is 0 Å². The molecular weight excluding hydrogens is 406 g/mol. The number of carbonyl (C=O) groups is 1. The molecule has 0 saturated heterocycles. The number of halogens is 2. The maximum Gasteiger partial charge on any atom is 0.353 e. The molecule has 0 fully saturated rings. The Morgan fingerprint density at radius 1 is 1.03 bits per heavy atom. The Bertz CT molecular complexity index is 1300. The Balaban J connectivity index is 1.55. The van der Waals surface area contributed by atoms with E-state index >= 15 is 0 Å². The van der Waals surface area contributed by atoms with Crippen LogP contribution in [0.25, 0.3) is 5.65 Å². The van der Waals surface area contributed by atoms with Gasteiger partial charge in [0.1, 0.15) is 18.2 Å². The van der Waals surface area contributed by atoms with Crippen molar-refractivity contribution in [3.05, 3.63) is 88.0 Å². The number of amides is 1. The second-order valence-corrected chi connectivity index (χ2v) is 6.89. The molecule has 158 valence electrons. The zero-order chi connectivity index (χ0) is 22.0. The SMILES string of the molecule is Cc1cc2nn(CC(=O)NCc3ccc(F)cc3)c(=O)n2c(Nc2ccc(F)cc2)n1. The van der Waals surface area contributed by atoms with Crippen LogP contribution in [0.4, 0.5) is 20.4 Å². The summed E-state index contributed by atoms with van der Waals surface area (Å²) in [6.07, 6.45) is 0. The van der Waals surface area contributed by atoms with Crippen molar-refractivity contribution in [3.63, 3.8) is 0 Å². The highest BCUT2D eigenvalue weighted by Gasteiger charge is 2.15. The number of aryl methyl sites for hydroxylation is 1. The highest BCUT2D eigenvalue weighted by atomic mass is 19.1. The Morgan fingerprint density at radius 3 is 2.35 bits per heavy atom. The zero-order valence-electron chi connectivity index (χ0n) is 16.5. The predicted molar refractivity (Wildman–Crippen MR) is 110 cm³/mol. The maximum absolute atomic E-state index is 13.2. The number of nitrogens with one attached hydrogen (secondary N) is 2. The summed E-state index contributed by atoms with van der Waals surface area (Å²) < 4.78 is 28.4. The van der Waals surface area contributed by atoms with Crippen molar-refractivity contribution < 1.29 is 13.6 Å². The number of aromatic nitrogens is 4. The number of anilines is 2. The van der Waals surface area contributed by atoms with Crippen molar-refractivity contribution in [3.8, 4) is 0 Å². The van der Waals surface area contributed by atoms with E-state index in [1.165, 1.54) is 40.8 Å². The fourth-order valence-corrected chi connectivity index (χ4v) is 3.00. The Kier molecular flexibility index (Phi) is 5.44. The second-order valence-electron chi connectivity index (χ2n) is 6.89. The van der Waals surface area contributed by atoms with Crippen molar-refractivity contribution in [2.24, 2.45) is 0 Å². The molecular formula is C21H18F2N6O2. The third-order valence-electron chi connectivity index (χ3n) is 4.49. The lowest BCUT2D eigenvalue weighted by Gasteiger charge is -2.07. The van der Waals surface area contributed by atoms with Crippen molar-refractivity contribution in [2.75, 3.05) is 5.32 Å². The number of hydrogen-bond donors (Lipinski definition) is 2. The van der Waals surface area contributed by atoms with E-state index in [-0.39, 0.29) is 30.7 Å². The van der Waals surface area contributed by atoms with Gasteiger partial charge in [-0.3, -0.25) is 4.79 Å². The van der Waals surface area contributed by atoms with E-state index in [4.69, 9.17) is 0 Å². The topological polar surface area (TPSA) is 93.3 Å². The van der Waals surface area contributed by atoms with Crippen LogP contribution in [0.2, 0.25) is 0 Å². The summed E-state index contributed by atoms with van der Waals surface area (Å²) in [6.45, 7) is 1.64. The normalized spacial score (nSPS) is 10.9. The van der Waals surface area contributed by atoms with Crippen molar-refractivity contribution in [1.82, 2.24) is 24.5 Å². The zero-order valence-corrected chi connectivity index (χ0v) is 16.5. The van der Waals surface area contributed by atoms with Crippen LogP contribution in [0.1, 0.15) is 11.3 Å². The molecule has 0 aliphatic heterocycles. The lowest BCUT2D eigenvalue weighted by Crippen LogP contribution is -2.32. The molecule has 2 aromatic heterocycles. The van der Waals surface area contributed by atoms with Gasteiger partial charge in [0.2, 0.25) is 11.9 Å². The van der Waals surface area contributed by atoms with Crippen LogP contribution in [0.5, 0.6) is 0 Å². The summed E-state index contributed by atoms with van der Waals surface area (Å²) in [4.78, 5) is 29.5. The van der Waals surface area contributed by atoms with E-state index in [1.54, 1.807) is 25.1 Å². The lowest BCUT2D eigenvalue weighted by atomic mass is 10.2. The fraction of sp³-hybridized carbons (Fsp3) is 0.143. The summed E-state index contributed by atoms with van der Waals surface area (Å²) in [5.41, 5.74) is 1.63. The highest BCUT2D eigenvalue weighted by molar-refractivity contribution is 5.75. The van der Waals surface area contributed by atoms with Gasteiger partial charge in [-0.05, 0) is 48.9 Å². The summed E-state index contributed by atoms with van der Waals surface area (Å²) >= 11 is 0. The summed E-state index contributed by atoms with van der Waals surface area (Å²) in [7, 11) is 0. The first-order chi connectivity index (χ1) is 14.9. The first-order valence-corrected chi connectivity index (χ1v) is 9.40. The molecule has 0 spiro atoms. The molecule has 4 rings (SSSR count). The van der Waals surface area contributed by atoms with Crippen LogP contribution >= 0.6 is 0 Å². The molecule has 4 aromatic rings. The molecule has 2 aromatic carbocycles. The second kappa shape index (κ2) is 8.34. The third kappa shape index (κ3) is 4.58. The Labute approximate surface area is 175 Å². The molecule has 0 atom stereocenters. The number of fused-ring (bicyclic) bond motifs is 1. The van der Waals surface area contributed by atoms with Gasteiger partial charge < -0.3 is 10.6 Å². The lowest BCUT2D eigenvalue weighted by molar-refractivity contribution is -0.122. The minimum Gasteiger partial charge on any atom is -0.350 e. The van der Waals surface area contributed by atoms with E-state index in [1.807, 2.05) is 0 Å². The van der Waals surface area contributed by atoms with Crippen molar-refractivity contribution in [1.29, 1.82) is 0 Å². The number of rotatable bonds is 6. The highest BCUT2D eigenvalue weighted by Crippen LogP contribution is 2.16. The largest absolute Gasteiger partial charge is 0.353 e. The quantitative estimate of drug-likeness (QED) is 0.496. The fourth-order valence-electron chi connectivity index (χ4n) is 3.00. The Hall–Kier alpha value is -4.08. The van der Waals surface area contributed by atoms with Crippen LogP contribution in [-0.4, -0.2) is 25.1 Å². The minimum atomic E-state index is -0.552. The first-order valence-electron chi connectivity index (χ1n) is 9.40. The first kappa shape index (κ1) is 20.2. The van der Waals surface area contributed by atoms with E-state index in [0.717, 1.165) is 10.2 Å². The molecule has 0 unspecified atom stereocenters. The summed E-state index contributed by atoms with van der Waals surface area (Å²) in [5.74, 6) is -0.970. The summed E-state index contributed by atoms with van der Waals surface area (Å²) in [5, 5.41) is 9.86. The van der Waals surface area contributed by atoms with Gasteiger partial charge in [-0.2, -0.15) is 0 Å². The smallest absolute Gasteiger partial charge is 0.350 e. The summed E-state index contributed by atoms with van der Waals surface area (Å²) in [6, 6.07) is 13.0. The van der Waals surface area contributed by atoms with Gasteiger partial charge in [0.05, 0.1) is 0 Å². The van der Waals surface area contributed by atoms with Gasteiger partial charge in [0.25, 0.3) is 0 Å². The molecule has 0 bridgehead atoms.